The average Bonchev–Trinajstić information content (AvgIpc) is 2.88. The van der Waals surface area contributed by atoms with Crippen molar-refractivity contribution >= 4 is 21.8 Å². The predicted octanol–water partition coefficient (Wildman–Crippen LogP) is 1.88. The molecule has 0 bridgehead atoms. The summed E-state index contributed by atoms with van der Waals surface area (Å²) in [4.78, 5) is 0.162. The Labute approximate surface area is 119 Å². The molecule has 1 aromatic rings. The van der Waals surface area contributed by atoms with Crippen molar-refractivity contribution in [3.8, 4) is 0 Å². The Balaban J connectivity index is 1.93. The average molecular weight is 300 g/mol. The van der Waals surface area contributed by atoms with Gasteiger partial charge in [-0.2, -0.15) is 11.8 Å². The van der Waals surface area contributed by atoms with Gasteiger partial charge in [0.2, 0.25) is 10.0 Å². The van der Waals surface area contributed by atoms with Gasteiger partial charge in [0.05, 0.1) is 4.90 Å². The molecule has 1 aliphatic heterocycles. The Morgan fingerprint density at radius 2 is 2.11 bits per heavy atom. The van der Waals surface area contributed by atoms with Gasteiger partial charge in [-0.25, -0.2) is 13.6 Å². The lowest BCUT2D eigenvalue weighted by Crippen LogP contribution is -2.26. The van der Waals surface area contributed by atoms with Gasteiger partial charge in [0.1, 0.15) is 0 Å². The third-order valence-electron chi connectivity index (χ3n) is 3.38. The van der Waals surface area contributed by atoms with Gasteiger partial charge in [-0.3, -0.25) is 0 Å². The molecule has 1 aromatic carbocycles. The number of nitrogens with one attached hydrogen (secondary N) is 1. The highest BCUT2D eigenvalue weighted by molar-refractivity contribution is 8.00. The SMILES string of the molecule is CC(NCC1CCCS1)c1ccc(S(N)(=O)=O)cc1. The zero-order valence-corrected chi connectivity index (χ0v) is 12.6. The van der Waals surface area contributed by atoms with Gasteiger partial charge < -0.3 is 5.32 Å². The van der Waals surface area contributed by atoms with Gasteiger partial charge in [0, 0.05) is 17.8 Å². The quantitative estimate of drug-likeness (QED) is 0.871. The highest BCUT2D eigenvalue weighted by atomic mass is 32.2. The van der Waals surface area contributed by atoms with E-state index in [1.807, 2.05) is 23.9 Å². The van der Waals surface area contributed by atoms with Crippen molar-refractivity contribution in [1.29, 1.82) is 0 Å². The Morgan fingerprint density at radius 1 is 1.42 bits per heavy atom. The van der Waals surface area contributed by atoms with E-state index in [1.54, 1.807) is 12.1 Å². The molecular formula is C13H20N2O2S2. The number of hydrogen-bond donors (Lipinski definition) is 2. The molecule has 0 saturated carbocycles. The minimum absolute atomic E-state index is 0.162. The van der Waals surface area contributed by atoms with Crippen LogP contribution in [-0.4, -0.2) is 26.0 Å². The molecular weight excluding hydrogens is 280 g/mol. The molecule has 1 heterocycles. The molecule has 19 heavy (non-hydrogen) atoms. The molecule has 3 N–H and O–H groups in total. The lowest BCUT2D eigenvalue weighted by Gasteiger charge is -2.17. The molecule has 106 valence electrons. The second-order valence-electron chi connectivity index (χ2n) is 4.88. The van der Waals surface area contributed by atoms with Crippen LogP contribution in [0.3, 0.4) is 0 Å². The Hall–Kier alpha value is -0.560. The van der Waals surface area contributed by atoms with E-state index in [0.717, 1.165) is 12.1 Å². The van der Waals surface area contributed by atoms with E-state index in [-0.39, 0.29) is 10.9 Å². The van der Waals surface area contributed by atoms with Crippen molar-refractivity contribution < 1.29 is 8.42 Å². The molecule has 6 heteroatoms. The molecule has 4 nitrogen and oxygen atoms in total. The summed E-state index contributed by atoms with van der Waals surface area (Å²) in [5.41, 5.74) is 1.08. The first kappa shape index (κ1) is 14.8. The highest BCUT2D eigenvalue weighted by Crippen LogP contribution is 2.26. The smallest absolute Gasteiger partial charge is 0.238 e. The third-order valence-corrected chi connectivity index (χ3v) is 5.71. The molecule has 0 amide bonds. The zero-order chi connectivity index (χ0) is 13.9. The fraction of sp³-hybridized carbons (Fsp3) is 0.538. The van der Waals surface area contributed by atoms with Crippen LogP contribution in [0.4, 0.5) is 0 Å². The van der Waals surface area contributed by atoms with Crippen LogP contribution in [0.5, 0.6) is 0 Å². The van der Waals surface area contributed by atoms with Crippen LogP contribution in [-0.2, 0) is 10.0 Å². The van der Waals surface area contributed by atoms with E-state index < -0.39 is 10.0 Å². The summed E-state index contributed by atoms with van der Waals surface area (Å²) in [6, 6.07) is 6.98. The first-order valence-electron chi connectivity index (χ1n) is 6.44. The number of primary sulfonamides is 1. The lowest BCUT2D eigenvalue weighted by molar-refractivity contribution is 0.559. The van der Waals surface area contributed by atoms with Crippen LogP contribution in [0, 0.1) is 0 Å². The molecule has 2 rings (SSSR count). The van der Waals surface area contributed by atoms with Gasteiger partial charge in [-0.1, -0.05) is 12.1 Å². The molecule has 1 fully saturated rings. The molecule has 0 spiro atoms. The molecule has 0 aliphatic carbocycles. The van der Waals surface area contributed by atoms with Crippen molar-refractivity contribution in [3.63, 3.8) is 0 Å². The summed E-state index contributed by atoms with van der Waals surface area (Å²) >= 11 is 2.03. The van der Waals surface area contributed by atoms with E-state index in [1.165, 1.54) is 18.6 Å². The molecule has 2 atom stereocenters. The van der Waals surface area contributed by atoms with Gasteiger partial charge in [-0.15, -0.1) is 0 Å². The third kappa shape index (κ3) is 4.21. The van der Waals surface area contributed by atoms with E-state index in [2.05, 4.69) is 12.2 Å². The molecule has 2 unspecified atom stereocenters. The van der Waals surface area contributed by atoms with Crippen molar-refractivity contribution in [2.75, 3.05) is 12.3 Å². The Morgan fingerprint density at radius 3 is 2.63 bits per heavy atom. The molecule has 1 saturated heterocycles. The fourth-order valence-electron chi connectivity index (χ4n) is 2.18. The first-order valence-corrected chi connectivity index (χ1v) is 9.04. The molecule has 1 aliphatic rings. The molecule has 0 radical (unpaired) electrons. The van der Waals surface area contributed by atoms with Gasteiger partial charge in [0.25, 0.3) is 0 Å². The monoisotopic (exact) mass is 300 g/mol. The van der Waals surface area contributed by atoms with Crippen LogP contribution < -0.4 is 10.5 Å². The number of sulfonamides is 1. The van der Waals surface area contributed by atoms with Crippen LogP contribution in [0.1, 0.15) is 31.4 Å². The fourth-order valence-corrected chi connectivity index (χ4v) is 3.91. The van der Waals surface area contributed by atoms with E-state index >= 15 is 0 Å². The van der Waals surface area contributed by atoms with Crippen LogP contribution in [0.2, 0.25) is 0 Å². The largest absolute Gasteiger partial charge is 0.309 e. The van der Waals surface area contributed by atoms with Crippen LogP contribution >= 0.6 is 11.8 Å². The van der Waals surface area contributed by atoms with E-state index in [4.69, 9.17) is 5.14 Å². The van der Waals surface area contributed by atoms with Crippen LogP contribution in [0.25, 0.3) is 0 Å². The first-order chi connectivity index (χ1) is 8.97. The Bertz CT molecular complexity index is 508. The maximum Gasteiger partial charge on any atom is 0.238 e. The summed E-state index contributed by atoms with van der Waals surface area (Å²) in [5, 5.41) is 9.29. The number of rotatable bonds is 5. The topological polar surface area (TPSA) is 72.2 Å². The summed E-state index contributed by atoms with van der Waals surface area (Å²) < 4.78 is 22.3. The maximum atomic E-state index is 11.2. The van der Waals surface area contributed by atoms with Crippen molar-refractivity contribution in [2.24, 2.45) is 5.14 Å². The number of hydrogen-bond acceptors (Lipinski definition) is 4. The number of benzene rings is 1. The summed E-state index contributed by atoms with van der Waals surface area (Å²) in [6.45, 7) is 3.09. The van der Waals surface area contributed by atoms with Gasteiger partial charge in [-0.05, 0) is 43.2 Å². The van der Waals surface area contributed by atoms with Gasteiger partial charge in [0.15, 0.2) is 0 Å². The van der Waals surface area contributed by atoms with Gasteiger partial charge >= 0.3 is 0 Å². The zero-order valence-electron chi connectivity index (χ0n) is 11.0. The summed E-state index contributed by atoms with van der Waals surface area (Å²) in [6.07, 6.45) is 2.60. The normalized spacial score (nSPS) is 21.5. The van der Waals surface area contributed by atoms with E-state index in [9.17, 15) is 8.42 Å². The van der Waals surface area contributed by atoms with Crippen molar-refractivity contribution in [1.82, 2.24) is 5.32 Å². The highest BCUT2D eigenvalue weighted by Gasteiger charge is 2.16. The summed E-state index contributed by atoms with van der Waals surface area (Å²) in [5.74, 6) is 1.27. The second kappa shape index (κ2) is 6.26. The summed E-state index contributed by atoms with van der Waals surface area (Å²) in [7, 11) is -3.59. The second-order valence-corrected chi connectivity index (χ2v) is 7.85. The molecule has 0 aromatic heterocycles. The minimum Gasteiger partial charge on any atom is -0.309 e. The van der Waals surface area contributed by atoms with Crippen molar-refractivity contribution in [2.45, 2.75) is 36.0 Å². The number of thioether (sulfide) groups is 1. The minimum atomic E-state index is -3.59. The lowest BCUT2D eigenvalue weighted by atomic mass is 10.1. The number of nitrogens with two attached hydrogens (primary N) is 1. The van der Waals surface area contributed by atoms with E-state index in [0.29, 0.717) is 5.25 Å². The predicted molar refractivity (Wildman–Crippen MR) is 79.7 cm³/mol. The van der Waals surface area contributed by atoms with Crippen molar-refractivity contribution in [3.05, 3.63) is 29.8 Å². The van der Waals surface area contributed by atoms with Crippen LogP contribution in [0.15, 0.2) is 29.2 Å². The maximum absolute atomic E-state index is 11.2. The Kier molecular flexibility index (Phi) is 4.89. The standard InChI is InChI=1S/C13H20N2O2S2/c1-10(15-9-12-3-2-8-18-12)11-4-6-13(7-5-11)19(14,16)17/h4-7,10,12,15H,2-3,8-9H2,1H3,(H2,14,16,17).